The zero-order valence-electron chi connectivity index (χ0n) is 16.6. The number of nitrogens with zero attached hydrogens (tertiary/aromatic N) is 3. The van der Waals surface area contributed by atoms with Crippen LogP contribution in [0.15, 0.2) is 12.1 Å². The summed E-state index contributed by atoms with van der Waals surface area (Å²) in [5.74, 6) is 1.39. The number of fused-ring (bicyclic) bond motifs is 1. The van der Waals surface area contributed by atoms with Gasteiger partial charge in [-0.25, -0.2) is 9.50 Å². The van der Waals surface area contributed by atoms with Gasteiger partial charge in [0.2, 0.25) is 0 Å². The molecule has 3 heterocycles. The molecule has 0 bridgehead atoms. The molecule has 1 aliphatic heterocycles. The summed E-state index contributed by atoms with van der Waals surface area (Å²) in [5, 5.41) is 8.41. The molecule has 5 heteroatoms. The van der Waals surface area contributed by atoms with Gasteiger partial charge in [-0.15, -0.1) is 0 Å². The number of rotatable bonds is 2. The van der Waals surface area contributed by atoms with Crippen LogP contribution < -0.4 is 5.32 Å². The standard InChI is InChI=1S/C21H32N4O/c1-14-11-18(19-13-22-9-10-26-19)25-20(23-14)12-17(24-25)15-5-7-16(8-6-15)21(2,3)4/h11-12,15-16,19,22H,5-10,13H2,1-4H3/t15?,16?,19-/m1/s1. The van der Waals surface area contributed by atoms with Crippen molar-refractivity contribution < 1.29 is 4.74 Å². The van der Waals surface area contributed by atoms with Crippen LogP contribution in [0.1, 0.15) is 75.6 Å². The highest BCUT2D eigenvalue weighted by molar-refractivity contribution is 5.43. The van der Waals surface area contributed by atoms with Gasteiger partial charge in [0, 0.05) is 30.8 Å². The van der Waals surface area contributed by atoms with Crippen LogP contribution in [0.4, 0.5) is 0 Å². The molecule has 2 fully saturated rings. The van der Waals surface area contributed by atoms with E-state index in [4.69, 9.17) is 14.8 Å². The molecule has 1 atom stereocenters. The minimum atomic E-state index is 0.0531. The van der Waals surface area contributed by atoms with Crippen LogP contribution >= 0.6 is 0 Å². The van der Waals surface area contributed by atoms with Crippen molar-refractivity contribution in [3.63, 3.8) is 0 Å². The van der Waals surface area contributed by atoms with Crippen molar-refractivity contribution in [2.45, 2.75) is 65.4 Å². The molecular formula is C21H32N4O. The van der Waals surface area contributed by atoms with Gasteiger partial charge in [-0.3, -0.25) is 0 Å². The summed E-state index contributed by atoms with van der Waals surface area (Å²) in [6, 6.07) is 4.33. The molecule has 142 valence electrons. The van der Waals surface area contributed by atoms with Crippen molar-refractivity contribution in [2.75, 3.05) is 19.7 Å². The predicted molar refractivity (Wildman–Crippen MR) is 103 cm³/mol. The fourth-order valence-corrected chi connectivity index (χ4v) is 4.59. The first-order valence-electron chi connectivity index (χ1n) is 10.1. The second-order valence-corrected chi connectivity index (χ2v) is 9.14. The maximum Gasteiger partial charge on any atom is 0.155 e. The molecule has 26 heavy (non-hydrogen) atoms. The summed E-state index contributed by atoms with van der Waals surface area (Å²) in [6.07, 6.45) is 5.13. The Morgan fingerprint density at radius 3 is 2.58 bits per heavy atom. The van der Waals surface area contributed by atoms with E-state index in [2.05, 4.69) is 45.1 Å². The third kappa shape index (κ3) is 3.52. The van der Waals surface area contributed by atoms with Crippen LogP contribution in [0, 0.1) is 18.3 Å². The third-order valence-corrected chi connectivity index (χ3v) is 6.23. The Hall–Kier alpha value is -1.46. The minimum Gasteiger partial charge on any atom is -0.369 e. The molecule has 0 unspecified atom stereocenters. The van der Waals surface area contributed by atoms with Crippen LogP contribution in [0.25, 0.3) is 5.65 Å². The second kappa shape index (κ2) is 6.93. The van der Waals surface area contributed by atoms with Gasteiger partial charge in [-0.2, -0.15) is 5.10 Å². The monoisotopic (exact) mass is 356 g/mol. The highest BCUT2D eigenvalue weighted by Crippen LogP contribution is 2.43. The number of hydrogen-bond acceptors (Lipinski definition) is 4. The summed E-state index contributed by atoms with van der Waals surface area (Å²) < 4.78 is 8.01. The molecule has 0 amide bonds. The molecule has 1 N–H and O–H groups in total. The van der Waals surface area contributed by atoms with E-state index in [0.717, 1.165) is 42.6 Å². The highest BCUT2D eigenvalue weighted by atomic mass is 16.5. The lowest BCUT2D eigenvalue weighted by Gasteiger charge is -2.36. The molecule has 1 saturated carbocycles. The summed E-state index contributed by atoms with van der Waals surface area (Å²) in [6.45, 7) is 11.7. The lowest BCUT2D eigenvalue weighted by molar-refractivity contribution is 0.0236. The first-order chi connectivity index (χ1) is 12.4. The molecule has 0 aromatic carbocycles. The molecule has 5 nitrogen and oxygen atoms in total. The fraction of sp³-hybridized carbons (Fsp3) is 0.714. The van der Waals surface area contributed by atoms with E-state index in [1.54, 1.807) is 0 Å². The zero-order valence-corrected chi connectivity index (χ0v) is 16.6. The Morgan fingerprint density at radius 1 is 1.15 bits per heavy atom. The summed E-state index contributed by atoms with van der Waals surface area (Å²) in [5.41, 5.74) is 4.74. The quantitative estimate of drug-likeness (QED) is 0.883. The molecule has 1 saturated heterocycles. The van der Waals surface area contributed by atoms with Crippen molar-refractivity contribution in [1.29, 1.82) is 0 Å². The van der Waals surface area contributed by atoms with Gasteiger partial charge in [0.1, 0.15) is 6.10 Å². The molecule has 2 aliphatic rings. The Morgan fingerprint density at radius 2 is 1.92 bits per heavy atom. The number of ether oxygens (including phenoxy) is 1. The third-order valence-electron chi connectivity index (χ3n) is 6.23. The van der Waals surface area contributed by atoms with Crippen molar-refractivity contribution >= 4 is 5.65 Å². The van der Waals surface area contributed by atoms with Crippen molar-refractivity contribution in [1.82, 2.24) is 19.9 Å². The Bertz CT molecular complexity index is 762. The van der Waals surface area contributed by atoms with E-state index in [-0.39, 0.29) is 6.10 Å². The van der Waals surface area contributed by atoms with Crippen LogP contribution in [0.3, 0.4) is 0 Å². The number of aryl methyl sites for hydroxylation is 1. The van der Waals surface area contributed by atoms with Gasteiger partial charge < -0.3 is 10.1 Å². The first-order valence-corrected chi connectivity index (χ1v) is 10.1. The van der Waals surface area contributed by atoms with E-state index in [0.29, 0.717) is 11.3 Å². The van der Waals surface area contributed by atoms with Crippen molar-refractivity contribution in [3.8, 4) is 0 Å². The number of morpholine rings is 1. The lowest BCUT2D eigenvalue weighted by Crippen LogP contribution is -2.34. The van der Waals surface area contributed by atoms with Crippen LogP contribution in [-0.2, 0) is 4.74 Å². The van der Waals surface area contributed by atoms with Crippen LogP contribution in [-0.4, -0.2) is 34.3 Å². The normalized spacial score (nSPS) is 27.8. The van der Waals surface area contributed by atoms with Crippen molar-refractivity contribution in [2.24, 2.45) is 11.3 Å². The Labute approximate surface area is 156 Å². The predicted octanol–water partition coefficient (Wildman–Crippen LogP) is 4.02. The highest BCUT2D eigenvalue weighted by Gasteiger charge is 2.31. The van der Waals surface area contributed by atoms with Gasteiger partial charge >= 0.3 is 0 Å². The summed E-state index contributed by atoms with van der Waals surface area (Å²) in [4.78, 5) is 4.73. The average molecular weight is 357 g/mol. The van der Waals surface area contributed by atoms with E-state index in [9.17, 15) is 0 Å². The minimum absolute atomic E-state index is 0.0531. The second-order valence-electron chi connectivity index (χ2n) is 9.14. The summed E-state index contributed by atoms with van der Waals surface area (Å²) in [7, 11) is 0. The molecule has 4 rings (SSSR count). The Kier molecular flexibility index (Phi) is 4.78. The number of aromatic nitrogens is 3. The largest absolute Gasteiger partial charge is 0.369 e. The van der Waals surface area contributed by atoms with Crippen LogP contribution in [0.5, 0.6) is 0 Å². The molecule has 2 aromatic heterocycles. The van der Waals surface area contributed by atoms with Gasteiger partial charge in [-0.1, -0.05) is 20.8 Å². The molecule has 0 spiro atoms. The van der Waals surface area contributed by atoms with Gasteiger partial charge in [0.25, 0.3) is 0 Å². The number of nitrogens with one attached hydrogen (secondary N) is 1. The topological polar surface area (TPSA) is 51.5 Å². The van der Waals surface area contributed by atoms with E-state index < -0.39 is 0 Å². The molecule has 1 aliphatic carbocycles. The zero-order chi connectivity index (χ0) is 18.3. The molecule has 2 aromatic rings. The first kappa shape index (κ1) is 17.9. The molecular weight excluding hydrogens is 324 g/mol. The average Bonchev–Trinajstić information content (AvgIpc) is 3.05. The van der Waals surface area contributed by atoms with E-state index in [1.807, 2.05) is 4.52 Å². The Balaban J connectivity index is 1.60. The molecule has 0 radical (unpaired) electrons. The summed E-state index contributed by atoms with van der Waals surface area (Å²) >= 11 is 0. The fourth-order valence-electron chi connectivity index (χ4n) is 4.59. The smallest absolute Gasteiger partial charge is 0.155 e. The van der Waals surface area contributed by atoms with Gasteiger partial charge in [0.05, 0.1) is 18.0 Å². The van der Waals surface area contributed by atoms with E-state index >= 15 is 0 Å². The van der Waals surface area contributed by atoms with Gasteiger partial charge in [0.15, 0.2) is 5.65 Å². The SMILES string of the molecule is Cc1cc([C@H]2CNCCO2)n2nc(C3CCC(C(C)(C)C)CC3)cc2n1. The lowest BCUT2D eigenvalue weighted by atomic mass is 9.69. The van der Waals surface area contributed by atoms with E-state index in [1.165, 1.54) is 31.4 Å². The maximum atomic E-state index is 5.98. The maximum absolute atomic E-state index is 5.98. The van der Waals surface area contributed by atoms with Crippen molar-refractivity contribution in [3.05, 3.63) is 29.2 Å². The number of hydrogen-bond donors (Lipinski definition) is 1. The van der Waals surface area contributed by atoms with Gasteiger partial charge in [-0.05, 0) is 50.0 Å². The van der Waals surface area contributed by atoms with Crippen LogP contribution in [0.2, 0.25) is 0 Å².